The molecular formula is C12H11FN2O3S. The van der Waals surface area contributed by atoms with E-state index in [1.807, 2.05) is 0 Å². The predicted molar refractivity (Wildman–Crippen MR) is 69.0 cm³/mol. The Morgan fingerprint density at radius 1 is 1.21 bits per heavy atom. The number of H-pyrrole nitrogens is 1. The van der Waals surface area contributed by atoms with Gasteiger partial charge in [-0.2, -0.15) is 0 Å². The average molecular weight is 282 g/mol. The van der Waals surface area contributed by atoms with Crippen molar-refractivity contribution in [3.63, 3.8) is 0 Å². The molecule has 1 aromatic carbocycles. The second kappa shape index (κ2) is 4.85. The molecule has 0 saturated heterocycles. The molecule has 2 rings (SSSR count). The van der Waals surface area contributed by atoms with Crippen LogP contribution in [-0.2, 0) is 10.0 Å². The number of rotatable bonds is 3. The quantitative estimate of drug-likeness (QED) is 0.898. The lowest BCUT2D eigenvalue weighted by Gasteiger charge is -2.08. The van der Waals surface area contributed by atoms with Gasteiger partial charge >= 0.3 is 0 Å². The van der Waals surface area contributed by atoms with E-state index >= 15 is 0 Å². The molecule has 1 aromatic heterocycles. The van der Waals surface area contributed by atoms with Gasteiger partial charge in [-0.15, -0.1) is 0 Å². The Labute approximate surface area is 109 Å². The van der Waals surface area contributed by atoms with Crippen LogP contribution in [0.1, 0.15) is 5.56 Å². The van der Waals surface area contributed by atoms with Crippen molar-refractivity contribution in [1.29, 1.82) is 0 Å². The van der Waals surface area contributed by atoms with Crippen molar-refractivity contribution >= 4 is 15.7 Å². The van der Waals surface area contributed by atoms with Crippen molar-refractivity contribution in [2.24, 2.45) is 0 Å². The summed E-state index contributed by atoms with van der Waals surface area (Å²) in [4.78, 5) is 13.1. The maximum absolute atomic E-state index is 13.1. The average Bonchev–Trinajstić information content (AvgIpc) is 2.34. The number of halogens is 1. The number of hydrogen-bond acceptors (Lipinski definition) is 3. The van der Waals surface area contributed by atoms with Gasteiger partial charge in [-0.25, -0.2) is 12.8 Å². The first-order chi connectivity index (χ1) is 8.88. The van der Waals surface area contributed by atoms with Crippen LogP contribution in [0.15, 0.2) is 46.2 Å². The number of sulfonamides is 1. The third kappa shape index (κ3) is 3.00. The van der Waals surface area contributed by atoms with E-state index in [2.05, 4.69) is 9.71 Å². The van der Waals surface area contributed by atoms with Gasteiger partial charge in [-0.05, 0) is 36.8 Å². The largest absolute Gasteiger partial charge is 0.328 e. The molecule has 0 aliphatic heterocycles. The lowest BCUT2D eigenvalue weighted by atomic mass is 10.2. The first kappa shape index (κ1) is 13.3. The van der Waals surface area contributed by atoms with Crippen LogP contribution in [0.4, 0.5) is 10.1 Å². The highest BCUT2D eigenvalue weighted by Gasteiger charge is 2.14. The Morgan fingerprint density at radius 3 is 2.53 bits per heavy atom. The van der Waals surface area contributed by atoms with E-state index < -0.39 is 21.4 Å². The van der Waals surface area contributed by atoms with E-state index in [0.717, 1.165) is 12.3 Å². The van der Waals surface area contributed by atoms with Crippen molar-refractivity contribution in [2.75, 3.05) is 4.72 Å². The van der Waals surface area contributed by atoms with Gasteiger partial charge in [0, 0.05) is 18.0 Å². The van der Waals surface area contributed by atoms with Crippen LogP contribution in [0.3, 0.4) is 0 Å². The van der Waals surface area contributed by atoms with Crippen molar-refractivity contribution in [1.82, 2.24) is 4.98 Å². The third-order valence-electron chi connectivity index (χ3n) is 2.48. The second-order valence-electron chi connectivity index (χ2n) is 3.96. The zero-order valence-corrected chi connectivity index (χ0v) is 10.8. The van der Waals surface area contributed by atoms with E-state index in [0.29, 0.717) is 5.56 Å². The van der Waals surface area contributed by atoms with Crippen LogP contribution in [0.25, 0.3) is 0 Å². The Balaban J connectivity index is 2.33. The van der Waals surface area contributed by atoms with E-state index in [9.17, 15) is 17.6 Å². The van der Waals surface area contributed by atoms with Gasteiger partial charge in [-0.1, -0.05) is 0 Å². The molecule has 0 unspecified atom stereocenters. The molecule has 0 aliphatic carbocycles. The fraction of sp³-hybridized carbons (Fsp3) is 0.0833. The molecule has 0 bridgehead atoms. The first-order valence-electron chi connectivity index (χ1n) is 5.36. The zero-order chi connectivity index (χ0) is 14.0. The molecule has 0 saturated carbocycles. The molecular weight excluding hydrogens is 271 g/mol. The zero-order valence-electron chi connectivity index (χ0n) is 9.98. The smallest absolute Gasteiger partial charge is 0.263 e. The Bertz CT molecular complexity index is 748. The van der Waals surface area contributed by atoms with E-state index in [1.165, 1.54) is 31.2 Å². The summed E-state index contributed by atoms with van der Waals surface area (Å²) in [5.41, 5.74) is 0.198. The molecule has 100 valence electrons. The topological polar surface area (TPSA) is 79.0 Å². The number of benzene rings is 1. The summed E-state index contributed by atoms with van der Waals surface area (Å²) < 4.78 is 39.4. The second-order valence-corrected chi connectivity index (χ2v) is 5.64. The summed E-state index contributed by atoms with van der Waals surface area (Å²) >= 11 is 0. The summed E-state index contributed by atoms with van der Waals surface area (Å²) in [6.07, 6.45) is 1.10. The molecule has 0 fully saturated rings. The Kier molecular flexibility index (Phi) is 3.39. The fourth-order valence-electron chi connectivity index (χ4n) is 1.49. The normalized spacial score (nSPS) is 11.3. The highest BCUT2D eigenvalue weighted by atomic mass is 32.2. The maximum atomic E-state index is 13.1. The summed E-state index contributed by atoms with van der Waals surface area (Å²) in [6.45, 7) is 1.53. The first-order valence-corrected chi connectivity index (χ1v) is 6.84. The number of hydrogen-bond donors (Lipinski definition) is 2. The highest BCUT2D eigenvalue weighted by molar-refractivity contribution is 7.92. The van der Waals surface area contributed by atoms with Gasteiger partial charge < -0.3 is 4.98 Å². The molecule has 0 atom stereocenters. The van der Waals surface area contributed by atoms with E-state index in [1.54, 1.807) is 0 Å². The summed E-state index contributed by atoms with van der Waals surface area (Å²) in [5, 5.41) is 0. The molecule has 0 spiro atoms. The molecule has 19 heavy (non-hydrogen) atoms. The van der Waals surface area contributed by atoms with Crippen LogP contribution in [0.5, 0.6) is 0 Å². The van der Waals surface area contributed by atoms with Gasteiger partial charge in [0.25, 0.3) is 10.0 Å². The van der Waals surface area contributed by atoms with Crippen LogP contribution >= 0.6 is 0 Å². The van der Waals surface area contributed by atoms with E-state index in [4.69, 9.17) is 0 Å². The third-order valence-corrected chi connectivity index (χ3v) is 3.86. The number of aryl methyl sites for hydroxylation is 1. The van der Waals surface area contributed by atoms with Gasteiger partial charge in [0.05, 0.1) is 0 Å². The number of aromatic amines is 1. The van der Waals surface area contributed by atoms with Crippen LogP contribution < -0.4 is 10.3 Å². The maximum Gasteiger partial charge on any atom is 0.263 e. The number of pyridine rings is 1. The SMILES string of the molecule is Cc1cc(NS(=O)(=O)c2ccc(=O)[nH]c2)ccc1F. The van der Waals surface area contributed by atoms with Crippen molar-refractivity contribution in [2.45, 2.75) is 11.8 Å². The Morgan fingerprint density at radius 2 is 1.95 bits per heavy atom. The Hall–Kier alpha value is -2.15. The summed E-state index contributed by atoms with van der Waals surface area (Å²) in [6, 6.07) is 6.20. The minimum absolute atomic E-state index is 0.0749. The summed E-state index contributed by atoms with van der Waals surface area (Å²) in [5.74, 6) is -0.410. The number of nitrogens with one attached hydrogen (secondary N) is 2. The fourth-order valence-corrected chi connectivity index (χ4v) is 2.50. The predicted octanol–water partition coefficient (Wildman–Crippen LogP) is 1.62. The molecule has 5 nitrogen and oxygen atoms in total. The molecule has 1 heterocycles. The molecule has 0 radical (unpaired) electrons. The number of anilines is 1. The van der Waals surface area contributed by atoms with Crippen LogP contribution in [0.2, 0.25) is 0 Å². The standard InChI is InChI=1S/C12H11FN2O3S/c1-8-6-9(2-4-11(8)13)15-19(17,18)10-3-5-12(16)14-7-10/h2-7,15H,1H3,(H,14,16). The van der Waals surface area contributed by atoms with Gasteiger partial charge in [0.2, 0.25) is 5.56 Å². The van der Waals surface area contributed by atoms with Crippen molar-refractivity contribution < 1.29 is 12.8 Å². The van der Waals surface area contributed by atoms with Gasteiger partial charge in [0.15, 0.2) is 0 Å². The molecule has 2 aromatic rings. The monoisotopic (exact) mass is 282 g/mol. The lowest BCUT2D eigenvalue weighted by molar-refractivity contribution is 0.600. The van der Waals surface area contributed by atoms with Crippen LogP contribution in [-0.4, -0.2) is 13.4 Å². The lowest BCUT2D eigenvalue weighted by Crippen LogP contribution is -2.15. The molecule has 0 amide bonds. The van der Waals surface area contributed by atoms with Crippen molar-refractivity contribution in [3.05, 3.63) is 58.3 Å². The van der Waals surface area contributed by atoms with Crippen LogP contribution in [0, 0.1) is 12.7 Å². The van der Waals surface area contributed by atoms with Crippen molar-refractivity contribution in [3.8, 4) is 0 Å². The van der Waals surface area contributed by atoms with E-state index in [-0.39, 0.29) is 10.6 Å². The number of aromatic nitrogens is 1. The molecule has 0 aliphatic rings. The van der Waals surface area contributed by atoms with Gasteiger partial charge in [-0.3, -0.25) is 9.52 Å². The highest BCUT2D eigenvalue weighted by Crippen LogP contribution is 2.17. The minimum atomic E-state index is -3.80. The summed E-state index contributed by atoms with van der Waals surface area (Å²) in [7, 11) is -3.80. The van der Waals surface area contributed by atoms with Gasteiger partial charge in [0.1, 0.15) is 10.7 Å². The molecule has 2 N–H and O–H groups in total. The molecule has 7 heteroatoms. The minimum Gasteiger partial charge on any atom is -0.328 e.